The molecule has 1 heterocycles. The molecule has 1 aromatic heterocycles. The molecular weight excluding hydrogens is 306 g/mol. The van der Waals surface area contributed by atoms with Crippen LogP contribution >= 0.6 is 0 Å². The smallest absolute Gasteiger partial charge is 0.328 e. The van der Waals surface area contributed by atoms with Crippen LogP contribution in [0.5, 0.6) is 0 Å². The van der Waals surface area contributed by atoms with Crippen LogP contribution in [0.2, 0.25) is 0 Å². The van der Waals surface area contributed by atoms with Gasteiger partial charge in [-0.1, -0.05) is 31.9 Å². The van der Waals surface area contributed by atoms with Gasteiger partial charge >= 0.3 is 5.69 Å². The molecule has 2 N–H and O–H groups in total. The van der Waals surface area contributed by atoms with Crippen molar-refractivity contribution in [3.05, 3.63) is 45.1 Å². The summed E-state index contributed by atoms with van der Waals surface area (Å²) >= 11 is 0. The number of aromatic nitrogens is 2. The molecule has 0 spiro atoms. The maximum Gasteiger partial charge on any atom is 0.328 e. The molecule has 2 unspecified atom stereocenters. The van der Waals surface area contributed by atoms with Gasteiger partial charge in [0.15, 0.2) is 0 Å². The van der Waals surface area contributed by atoms with E-state index in [4.69, 9.17) is 0 Å². The van der Waals surface area contributed by atoms with Crippen molar-refractivity contribution < 1.29 is 4.79 Å². The monoisotopic (exact) mass is 329 g/mol. The first-order valence-corrected chi connectivity index (χ1v) is 8.56. The lowest BCUT2D eigenvalue weighted by Crippen LogP contribution is -2.39. The second-order valence-corrected chi connectivity index (χ2v) is 6.71. The van der Waals surface area contributed by atoms with Crippen LogP contribution in [0.4, 0.5) is 0 Å². The Morgan fingerprint density at radius 3 is 2.88 bits per heavy atom. The second kappa shape index (κ2) is 7.03. The zero-order valence-electron chi connectivity index (χ0n) is 13.9. The Hall–Kier alpha value is -2.37. The van der Waals surface area contributed by atoms with Crippen molar-refractivity contribution in [2.45, 2.75) is 51.6 Å². The molecule has 0 bridgehead atoms. The Kier molecular flexibility index (Phi) is 4.83. The molecule has 6 nitrogen and oxygen atoms in total. The lowest BCUT2D eigenvalue weighted by Gasteiger charge is -2.27. The molecule has 1 amide bonds. The summed E-state index contributed by atoms with van der Waals surface area (Å²) in [5, 5.41) is 3.53. The number of aromatic amines is 1. The van der Waals surface area contributed by atoms with Gasteiger partial charge in [0, 0.05) is 19.0 Å². The largest absolute Gasteiger partial charge is 0.353 e. The number of aryl methyl sites for hydroxylation is 1. The molecule has 3 rings (SSSR count). The predicted octanol–water partition coefficient (Wildman–Crippen LogP) is 1.77. The van der Waals surface area contributed by atoms with Crippen LogP contribution in [-0.4, -0.2) is 21.5 Å². The van der Waals surface area contributed by atoms with Gasteiger partial charge in [-0.2, -0.15) is 0 Å². The van der Waals surface area contributed by atoms with E-state index in [2.05, 4.69) is 17.2 Å². The minimum atomic E-state index is -0.474. The fourth-order valence-corrected chi connectivity index (χ4v) is 3.54. The lowest BCUT2D eigenvalue weighted by atomic mass is 9.87. The van der Waals surface area contributed by atoms with Crippen LogP contribution < -0.4 is 16.6 Å². The quantitative estimate of drug-likeness (QED) is 0.897. The van der Waals surface area contributed by atoms with E-state index in [1.54, 1.807) is 24.3 Å². The Bertz CT molecular complexity index is 852. The van der Waals surface area contributed by atoms with Crippen LogP contribution in [0.3, 0.4) is 0 Å². The number of rotatable bonds is 4. The fourth-order valence-electron chi connectivity index (χ4n) is 3.54. The molecule has 128 valence electrons. The van der Waals surface area contributed by atoms with E-state index in [0.29, 0.717) is 16.8 Å². The van der Waals surface area contributed by atoms with Gasteiger partial charge in [-0.15, -0.1) is 0 Å². The maximum atomic E-state index is 12.2. The highest BCUT2D eigenvalue weighted by Crippen LogP contribution is 2.23. The van der Waals surface area contributed by atoms with Crippen molar-refractivity contribution in [2.24, 2.45) is 5.92 Å². The average Bonchev–Trinajstić information content (AvgIpc) is 2.54. The molecule has 2 aromatic rings. The molecule has 0 aliphatic heterocycles. The number of hydrogen-bond acceptors (Lipinski definition) is 3. The molecule has 6 heteroatoms. The van der Waals surface area contributed by atoms with Crippen molar-refractivity contribution in [1.29, 1.82) is 0 Å². The summed E-state index contributed by atoms with van der Waals surface area (Å²) in [5.74, 6) is 0.603. The lowest BCUT2D eigenvalue weighted by molar-refractivity contribution is -0.122. The van der Waals surface area contributed by atoms with Gasteiger partial charge in [0.1, 0.15) is 0 Å². The maximum absolute atomic E-state index is 12.2. The third-order valence-electron chi connectivity index (χ3n) is 4.77. The first-order valence-electron chi connectivity index (χ1n) is 8.56. The molecule has 1 aliphatic carbocycles. The standard InChI is InChI=1S/C18H23N3O3/c1-12-5-4-6-13(11-12)19-16(22)9-10-21-15-8-3-2-7-14(15)17(23)20-18(21)24/h2-3,7-8,12-13H,4-6,9-11H2,1H3,(H,19,22)(H,20,23,24). The molecule has 1 aliphatic rings. The number of nitrogens with one attached hydrogen (secondary N) is 2. The highest BCUT2D eigenvalue weighted by Gasteiger charge is 2.20. The summed E-state index contributed by atoms with van der Waals surface area (Å²) in [4.78, 5) is 38.4. The number of amides is 1. The van der Waals surface area contributed by atoms with Crippen LogP contribution in [0, 0.1) is 5.92 Å². The Morgan fingerprint density at radius 1 is 1.29 bits per heavy atom. The fraction of sp³-hybridized carbons (Fsp3) is 0.500. The molecule has 1 saturated carbocycles. The zero-order chi connectivity index (χ0) is 17.1. The number of carbonyl (C=O) groups excluding carboxylic acids is 1. The first-order chi connectivity index (χ1) is 11.5. The molecule has 2 atom stereocenters. The van der Waals surface area contributed by atoms with Gasteiger partial charge in [-0.05, 0) is 30.9 Å². The Morgan fingerprint density at radius 2 is 2.08 bits per heavy atom. The normalized spacial score (nSPS) is 20.9. The van der Waals surface area contributed by atoms with Crippen molar-refractivity contribution in [3.8, 4) is 0 Å². The summed E-state index contributed by atoms with van der Waals surface area (Å²) in [6, 6.07) is 7.18. The molecule has 0 saturated heterocycles. The second-order valence-electron chi connectivity index (χ2n) is 6.71. The van der Waals surface area contributed by atoms with Gasteiger partial charge in [-0.25, -0.2) is 4.79 Å². The van der Waals surface area contributed by atoms with Gasteiger partial charge in [0.2, 0.25) is 5.91 Å². The van der Waals surface area contributed by atoms with Gasteiger partial charge in [0.05, 0.1) is 10.9 Å². The third kappa shape index (κ3) is 3.58. The molecular formula is C18H23N3O3. The number of fused-ring (bicyclic) bond motifs is 1. The van der Waals surface area contributed by atoms with E-state index in [1.165, 1.54) is 11.0 Å². The average molecular weight is 329 g/mol. The van der Waals surface area contributed by atoms with Crippen LogP contribution in [0.1, 0.15) is 39.0 Å². The van der Waals surface area contributed by atoms with Gasteiger partial charge in [0.25, 0.3) is 5.56 Å². The third-order valence-corrected chi connectivity index (χ3v) is 4.77. The van der Waals surface area contributed by atoms with Crippen molar-refractivity contribution in [1.82, 2.24) is 14.9 Å². The van der Waals surface area contributed by atoms with E-state index in [0.717, 1.165) is 19.3 Å². The van der Waals surface area contributed by atoms with E-state index in [1.807, 2.05) is 0 Å². The van der Waals surface area contributed by atoms with Gasteiger partial charge < -0.3 is 5.32 Å². The number of hydrogen-bond donors (Lipinski definition) is 2. The van der Waals surface area contributed by atoms with E-state index < -0.39 is 11.2 Å². The van der Waals surface area contributed by atoms with Crippen LogP contribution in [0.15, 0.2) is 33.9 Å². The van der Waals surface area contributed by atoms with Crippen LogP contribution in [-0.2, 0) is 11.3 Å². The molecule has 0 radical (unpaired) electrons. The van der Waals surface area contributed by atoms with Crippen molar-refractivity contribution >= 4 is 16.8 Å². The SMILES string of the molecule is CC1CCCC(NC(=O)CCn2c(=O)[nH]c(=O)c3ccccc32)C1. The topological polar surface area (TPSA) is 84.0 Å². The van der Waals surface area contributed by atoms with E-state index in [-0.39, 0.29) is 24.9 Å². The summed E-state index contributed by atoms with van der Waals surface area (Å²) in [5.41, 5.74) is -0.310. The number of carbonyl (C=O) groups is 1. The van der Waals surface area contributed by atoms with E-state index in [9.17, 15) is 14.4 Å². The summed E-state index contributed by atoms with van der Waals surface area (Å²) in [6.07, 6.45) is 4.65. The molecule has 1 aromatic carbocycles. The summed E-state index contributed by atoms with van der Waals surface area (Å²) in [7, 11) is 0. The van der Waals surface area contributed by atoms with Crippen LogP contribution in [0.25, 0.3) is 10.9 Å². The number of H-pyrrole nitrogens is 1. The first kappa shape index (κ1) is 16.5. The highest BCUT2D eigenvalue weighted by atomic mass is 16.2. The summed E-state index contributed by atoms with van der Waals surface area (Å²) in [6.45, 7) is 2.47. The van der Waals surface area contributed by atoms with E-state index >= 15 is 0 Å². The number of nitrogens with zero attached hydrogens (tertiary/aromatic N) is 1. The number of benzene rings is 1. The summed E-state index contributed by atoms with van der Waals surface area (Å²) < 4.78 is 1.46. The van der Waals surface area contributed by atoms with Gasteiger partial charge in [-0.3, -0.25) is 19.1 Å². The number of para-hydroxylation sites is 1. The zero-order valence-corrected chi connectivity index (χ0v) is 13.9. The Balaban J connectivity index is 1.70. The Labute approximate surface area is 139 Å². The van der Waals surface area contributed by atoms with Crippen molar-refractivity contribution in [2.75, 3.05) is 0 Å². The molecule has 1 fully saturated rings. The highest BCUT2D eigenvalue weighted by molar-refractivity contribution is 5.79. The molecule has 24 heavy (non-hydrogen) atoms. The predicted molar refractivity (Wildman–Crippen MR) is 93.0 cm³/mol. The minimum Gasteiger partial charge on any atom is -0.353 e. The minimum absolute atomic E-state index is 0.0451. The van der Waals surface area contributed by atoms with Crippen molar-refractivity contribution in [3.63, 3.8) is 0 Å².